The predicted molar refractivity (Wildman–Crippen MR) is 95.9 cm³/mol. The average Bonchev–Trinajstić information content (AvgIpc) is 2.94. The third-order valence-electron chi connectivity index (χ3n) is 3.74. The van der Waals surface area contributed by atoms with E-state index in [0.29, 0.717) is 0 Å². The molecule has 0 spiro atoms. The van der Waals surface area contributed by atoms with Gasteiger partial charge in [-0.3, -0.25) is 14.6 Å². The molecular formula is C17H16N4O3S. The highest BCUT2D eigenvalue weighted by molar-refractivity contribution is 7.15. The molecule has 0 fully saturated rings. The third-order valence-corrected chi connectivity index (χ3v) is 4.93. The Morgan fingerprint density at radius 2 is 2.00 bits per heavy atom. The van der Waals surface area contributed by atoms with E-state index in [2.05, 4.69) is 15.3 Å². The second-order valence-corrected chi connectivity index (χ2v) is 6.59. The van der Waals surface area contributed by atoms with Gasteiger partial charge in [0.1, 0.15) is 10.6 Å². The summed E-state index contributed by atoms with van der Waals surface area (Å²) in [6.45, 7) is 4.16. The highest BCUT2D eigenvalue weighted by Crippen LogP contribution is 2.29. The van der Waals surface area contributed by atoms with Gasteiger partial charge in [0.2, 0.25) is 0 Å². The van der Waals surface area contributed by atoms with Crippen molar-refractivity contribution in [2.45, 2.75) is 20.4 Å². The SMILES string of the molecule is Cc1ccccc1-c1nc(C)c(CNC(=O)c2c[nH]c(=O)[nH]c2=O)s1. The monoisotopic (exact) mass is 356 g/mol. The Bertz CT molecular complexity index is 1050. The lowest BCUT2D eigenvalue weighted by Gasteiger charge is -2.03. The molecule has 0 bridgehead atoms. The van der Waals surface area contributed by atoms with Gasteiger partial charge in [-0.25, -0.2) is 9.78 Å². The van der Waals surface area contributed by atoms with Crippen molar-refractivity contribution in [1.29, 1.82) is 0 Å². The normalized spacial score (nSPS) is 10.6. The lowest BCUT2D eigenvalue weighted by atomic mass is 10.1. The molecule has 3 aromatic rings. The van der Waals surface area contributed by atoms with Crippen molar-refractivity contribution in [2.24, 2.45) is 0 Å². The fraction of sp³-hybridized carbons (Fsp3) is 0.176. The first-order valence-corrected chi connectivity index (χ1v) is 8.40. The number of amides is 1. The second kappa shape index (κ2) is 6.86. The van der Waals surface area contributed by atoms with Gasteiger partial charge in [0, 0.05) is 16.6 Å². The maximum Gasteiger partial charge on any atom is 0.325 e. The van der Waals surface area contributed by atoms with Crippen molar-refractivity contribution in [1.82, 2.24) is 20.3 Å². The number of aromatic nitrogens is 3. The molecule has 128 valence electrons. The van der Waals surface area contributed by atoms with Gasteiger partial charge in [0.15, 0.2) is 0 Å². The van der Waals surface area contributed by atoms with Gasteiger partial charge in [-0.05, 0) is 19.4 Å². The Morgan fingerprint density at radius 1 is 1.24 bits per heavy atom. The first kappa shape index (κ1) is 16.8. The highest BCUT2D eigenvalue weighted by atomic mass is 32.1. The van der Waals surface area contributed by atoms with Gasteiger partial charge in [-0.2, -0.15) is 0 Å². The van der Waals surface area contributed by atoms with Gasteiger partial charge in [0.05, 0.1) is 12.2 Å². The van der Waals surface area contributed by atoms with E-state index in [-0.39, 0.29) is 12.1 Å². The van der Waals surface area contributed by atoms with Crippen LogP contribution in [0.15, 0.2) is 40.1 Å². The number of nitrogens with one attached hydrogen (secondary N) is 3. The number of H-pyrrole nitrogens is 2. The van der Waals surface area contributed by atoms with Gasteiger partial charge in [-0.15, -0.1) is 11.3 Å². The van der Waals surface area contributed by atoms with Crippen molar-refractivity contribution >= 4 is 17.2 Å². The number of aryl methyl sites for hydroxylation is 2. The molecule has 1 amide bonds. The molecule has 1 aromatic carbocycles. The Hall–Kier alpha value is -3.00. The molecule has 0 radical (unpaired) electrons. The van der Waals surface area contributed by atoms with Crippen LogP contribution in [-0.2, 0) is 6.54 Å². The molecule has 0 aliphatic carbocycles. The quantitative estimate of drug-likeness (QED) is 0.661. The average molecular weight is 356 g/mol. The number of aromatic amines is 2. The van der Waals surface area contributed by atoms with Gasteiger partial charge in [0.25, 0.3) is 11.5 Å². The van der Waals surface area contributed by atoms with E-state index in [1.807, 2.05) is 43.1 Å². The number of carbonyl (C=O) groups is 1. The van der Waals surface area contributed by atoms with Crippen LogP contribution < -0.4 is 16.6 Å². The molecule has 0 atom stereocenters. The summed E-state index contributed by atoms with van der Waals surface area (Å²) in [7, 11) is 0. The minimum atomic E-state index is -0.720. The van der Waals surface area contributed by atoms with E-state index >= 15 is 0 Å². The fourth-order valence-corrected chi connectivity index (χ4v) is 3.45. The highest BCUT2D eigenvalue weighted by Gasteiger charge is 2.14. The number of nitrogens with zero attached hydrogens (tertiary/aromatic N) is 1. The number of benzene rings is 1. The minimum absolute atomic E-state index is 0.138. The first-order valence-electron chi connectivity index (χ1n) is 7.58. The molecule has 25 heavy (non-hydrogen) atoms. The number of thiazole rings is 1. The van der Waals surface area contributed by atoms with Crippen LogP contribution in [0.25, 0.3) is 10.6 Å². The zero-order valence-electron chi connectivity index (χ0n) is 13.7. The molecule has 8 heteroatoms. The van der Waals surface area contributed by atoms with Gasteiger partial charge >= 0.3 is 5.69 Å². The van der Waals surface area contributed by atoms with Crippen LogP contribution in [-0.4, -0.2) is 20.9 Å². The van der Waals surface area contributed by atoms with E-state index in [4.69, 9.17) is 0 Å². The van der Waals surface area contributed by atoms with E-state index < -0.39 is 17.2 Å². The lowest BCUT2D eigenvalue weighted by molar-refractivity contribution is 0.0949. The van der Waals surface area contributed by atoms with Crippen LogP contribution in [0, 0.1) is 13.8 Å². The summed E-state index contributed by atoms with van der Waals surface area (Å²) in [4.78, 5) is 44.6. The van der Waals surface area contributed by atoms with Gasteiger partial charge in [-0.1, -0.05) is 24.3 Å². The summed E-state index contributed by atoms with van der Waals surface area (Å²) in [6, 6.07) is 7.97. The summed E-state index contributed by atoms with van der Waals surface area (Å²) in [5, 5.41) is 3.58. The predicted octanol–water partition coefficient (Wildman–Crippen LogP) is 1.73. The molecule has 2 heterocycles. The summed E-state index contributed by atoms with van der Waals surface area (Å²) in [5.41, 5.74) is 1.52. The molecule has 0 unspecified atom stereocenters. The standard InChI is InChI=1S/C17H16N4O3S/c1-9-5-3-4-6-11(9)16-20-10(2)13(25-16)8-18-14(22)12-7-19-17(24)21-15(12)23/h3-7H,8H2,1-2H3,(H,18,22)(H2,19,21,23,24). The molecule has 0 aliphatic rings. The van der Waals surface area contributed by atoms with Crippen LogP contribution in [0.2, 0.25) is 0 Å². The summed E-state index contributed by atoms with van der Waals surface area (Å²) in [6.07, 6.45) is 1.11. The molecule has 3 N–H and O–H groups in total. The zero-order chi connectivity index (χ0) is 18.0. The smallest absolute Gasteiger partial charge is 0.325 e. The fourth-order valence-electron chi connectivity index (χ4n) is 2.35. The van der Waals surface area contributed by atoms with E-state index in [1.165, 1.54) is 11.3 Å². The molecular weight excluding hydrogens is 340 g/mol. The number of hydrogen-bond donors (Lipinski definition) is 3. The van der Waals surface area contributed by atoms with Crippen LogP contribution in [0.1, 0.15) is 26.5 Å². The van der Waals surface area contributed by atoms with E-state index in [1.54, 1.807) is 0 Å². The van der Waals surface area contributed by atoms with Crippen LogP contribution in [0.5, 0.6) is 0 Å². The third kappa shape index (κ3) is 3.58. The topological polar surface area (TPSA) is 108 Å². The zero-order valence-corrected chi connectivity index (χ0v) is 14.5. The van der Waals surface area contributed by atoms with Crippen molar-refractivity contribution in [3.63, 3.8) is 0 Å². The Labute approximate surface area is 146 Å². The Balaban J connectivity index is 1.78. The molecule has 0 saturated carbocycles. The van der Waals surface area contributed by atoms with Crippen LogP contribution in [0.4, 0.5) is 0 Å². The number of rotatable bonds is 4. The largest absolute Gasteiger partial charge is 0.347 e. The molecule has 0 aliphatic heterocycles. The van der Waals surface area contributed by atoms with Crippen molar-refractivity contribution in [3.8, 4) is 10.6 Å². The minimum Gasteiger partial charge on any atom is -0.347 e. The summed E-state index contributed by atoms with van der Waals surface area (Å²) >= 11 is 1.50. The second-order valence-electron chi connectivity index (χ2n) is 5.51. The Morgan fingerprint density at radius 3 is 2.72 bits per heavy atom. The first-order chi connectivity index (χ1) is 12.0. The van der Waals surface area contributed by atoms with Crippen molar-refractivity contribution < 1.29 is 4.79 Å². The number of hydrogen-bond acceptors (Lipinski definition) is 5. The maximum atomic E-state index is 12.1. The van der Waals surface area contributed by atoms with Crippen molar-refractivity contribution in [2.75, 3.05) is 0 Å². The summed E-state index contributed by atoms with van der Waals surface area (Å²) in [5.74, 6) is -0.553. The molecule has 2 aromatic heterocycles. The van der Waals surface area contributed by atoms with Gasteiger partial charge < -0.3 is 10.3 Å². The number of carbonyl (C=O) groups excluding carboxylic acids is 1. The Kier molecular flexibility index (Phi) is 4.62. The molecule has 3 rings (SSSR count). The van der Waals surface area contributed by atoms with Crippen LogP contribution >= 0.6 is 11.3 Å². The van der Waals surface area contributed by atoms with Crippen LogP contribution in [0.3, 0.4) is 0 Å². The van der Waals surface area contributed by atoms with E-state index in [9.17, 15) is 14.4 Å². The molecule has 0 saturated heterocycles. The summed E-state index contributed by atoms with van der Waals surface area (Å²) < 4.78 is 0. The lowest BCUT2D eigenvalue weighted by Crippen LogP contribution is -2.33. The van der Waals surface area contributed by atoms with Crippen molar-refractivity contribution in [3.05, 3.63) is 73.0 Å². The maximum absolute atomic E-state index is 12.1. The molecule has 7 nitrogen and oxygen atoms in total. The van der Waals surface area contributed by atoms with E-state index in [0.717, 1.165) is 32.9 Å².